The predicted octanol–water partition coefficient (Wildman–Crippen LogP) is 3.19. The van der Waals surface area contributed by atoms with Crippen LogP contribution in [-0.2, 0) is 6.42 Å². The summed E-state index contributed by atoms with van der Waals surface area (Å²) in [5.41, 5.74) is 4.59. The normalized spacial score (nSPS) is 12.4. The third-order valence-electron chi connectivity index (χ3n) is 2.91. The molecule has 0 aliphatic carbocycles. The standard InChI is InChI=1S/C14H14BrF2N3O/c15-11-5-9(7-19-8-11)6-13(20-18)10-1-3-12(4-2-10)21-14(16)17/h1-5,7-8,13-14,20H,6,18H2. The molecule has 0 aliphatic heterocycles. The van der Waals surface area contributed by atoms with E-state index in [1.54, 1.807) is 24.5 Å². The maximum atomic E-state index is 12.1. The van der Waals surface area contributed by atoms with Crippen molar-refractivity contribution in [2.24, 2.45) is 5.84 Å². The van der Waals surface area contributed by atoms with Gasteiger partial charge in [-0.25, -0.2) is 0 Å². The van der Waals surface area contributed by atoms with Gasteiger partial charge in [0.2, 0.25) is 0 Å². The summed E-state index contributed by atoms with van der Waals surface area (Å²) in [6.07, 6.45) is 4.08. The van der Waals surface area contributed by atoms with Gasteiger partial charge in [0.15, 0.2) is 0 Å². The van der Waals surface area contributed by atoms with E-state index in [0.717, 1.165) is 15.6 Å². The highest BCUT2D eigenvalue weighted by atomic mass is 79.9. The van der Waals surface area contributed by atoms with Gasteiger partial charge in [-0.15, -0.1) is 0 Å². The molecule has 1 aromatic carbocycles. The lowest BCUT2D eigenvalue weighted by atomic mass is 10.0. The van der Waals surface area contributed by atoms with Gasteiger partial charge in [0.25, 0.3) is 0 Å². The summed E-state index contributed by atoms with van der Waals surface area (Å²) in [5, 5.41) is 0. The topological polar surface area (TPSA) is 60.2 Å². The number of pyridine rings is 1. The zero-order chi connectivity index (χ0) is 15.2. The van der Waals surface area contributed by atoms with Gasteiger partial charge in [0, 0.05) is 16.9 Å². The lowest BCUT2D eigenvalue weighted by molar-refractivity contribution is -0.0498. The van der Waals surface area contributed by atoms with Gasteiger partial charge < -0.3 is 4.74 Å². The summed E-state index contributed by atoms with van der Waals surface area (Å²) in [6, 6.07) is 8.19. The first kappa shape index (κ1) is 15.8. The molecule has 0 saturated carbocycles. The molecule has 7 heteroatoms. The molecule has 0 saturated heterocycles. The Balaban J connectivity index is 2.10. The number of nitrogens with one attached hydrogen (secondary N) is 1. The van der Waals surface area contributed by atoms with E-state index in [0.29, 0.717) is 6.42 Å². The second kappa shape index (κ2) is 7.44. The first-order chi connectivity index (χ1) is 10.1. The summed E-state index contributed by atoms with van der Waals surface area (Å²) in [5.74, 6) is 5.70. The van der Waals surface area contributed by atoms with Crippen LogP contribution in [0.1, 0.15) is 17.2 Å². The first-order valence-corrected chi connectivity index (χ1v) is 6.98. The van der Waals surface area contributed by atoms with Crippen molar-refractivity contribution in [1.82, 2.24) is 10.4 Å². The molecule has 0 radical (unpaired) electrons. The zero-order valence-corrected chi connectivity index (χ0v) is 12.6. The number of hydrogen-bond acceptors (Lipinski definition) is 4. The molecular weight excluding hydrogens is 344 g/mol. The van der Waals surface area contributed by atoms with Crippen LogP contribution in [-0.4, -0.2) is 11.6 Å². The summed E-state index contributed by atoms with van der Waals surface area (Å²) >= 11 is 3.36. The second-order valence-corrected chi connectivity index (χ2v) is 5.30. The SMILES string of the molecule is NNC(Cc1cncc(Br)c1)c1ccc(OC(F)F)cc1. The van der Waals surface area contributed by atoms with Crippen LogP contribution in [0.4, 0.5) is 8.78 Å². The van der Waals surface area contributed by atoms with Crippen molar-refractivity contribution in [2.45, 2.75) is 19.1 Å². The van der Waals surface area contributed by atoms with Crippen LogP contribution in [0.2, 0.25) is 0 Å². The Bertz CT molecular complexity index is 581. The van der Waals surface area contributed by atoms with Crippen LogP contribution < -0.4 is 16.0 Å². The van der Waals surface area contributed by atoms with Crippen LogP contribution in [0, 0.1) is 0 Å². The Kier molecular flexibility index (Phi) is 5.60. The number of nitrogens with two attached hydrogens (primary N) is 1. The van der Waals surface area contributed by atoms with Gasteiger partial charge >= 0.3 is 6.61 Å². The van der Waals surface area contributed by atoms with E-state index in [-0.39, 0.29) is 11.8 Å². The minimum absolute atomic E-state index is 0.119. The largest absolute Gasteiger partial charge is 0.435 e. The van der Waals surface area contributed by atoms with E-state index < -0.39 is 6.61 Å². The van der Waals surface area contributed by atoms with E-state index in [1.807, 2.05) is 6.07 Å². The predicted molar refractivity (Wildman–Crippen MR) is 78.8 cm³/mol. The molecule has 1 aromatic heterocycles. The molecule has 1 atom stereocenters. The van der Waals surface area contributed by atoms with Crippen molar-refractivity contribution in [1.29, 1.82) is 0 Å². The van der Waals surface area contributed by atoms with Crippen LogP contribution >= 0.6 is 15.9 Å². The third kappa shape index (κ3) is 4.73. The number of aromatic nitrogens is 1. The molecule has 0 fully saturated rings. The quantitative estimate of drug-likeness (QED) is 0.615. The lowest BCUT2D eigenvalue weighted by Gasteiger charge is -2.17. The lowest BCUT2D eigenvalue weighted by Crippen LogP contribution is -2.29. The van der Waals surface area contributed by atoms with Crippen molar-refractivity contribution in [3.05, 3.63) is 58.3 Å². The highest BCUT2D eigenvalue weighted by Gasteiger charge is 2.12. The molecule has 0 amide bonds. The van der Waals surface area contributed by atoms with E-state index >= 15 is 0 Å². The van der Waals surface area contributed by atoms with Gasteiger partial charge in [0.05, 0.1) is 6.04 Å². The van der Waals surface area contributed by atoms with Gasteiger partial charge in [-0.1, -0.05) is 12.1 Å². The summed E-state index contributed by atoms with van der Waals surface area (Å²) in [7, 11) is 0. The fourth-order valence-electron chi connectivity index (χ4n) is 1.96. The van der Waals surface area contributed by atoms with Crippen LogP contribution in [0.25, 0.3) is 0 Å². The average Bonchev–Trinajstić information content (AvgIpc) is 2.45. The van der Waals surface area contributed by atoms with Crippen molar-refractivity contribution >= 4 is 15.9 Å². The Morgan fingerprint density at radius 2 is 1.95 bits per heavy atom. The van der Waals surface area contributed by atoms with Crippen LogP contribution in [0.5, 0.6) is 5.75 Å². The van der Waals surface area contributed by atoms with Gasteiger partial charge in [-0.3, -0.25) is 16.3 Å². The average molecular weight is 358 g/mol. The Morgan fingerprint density at radius 1 is 1.24 bits per heavy atom. The molecule has 1 heterocycles. The molecule has 2 rings (SSSR count). The van der Waals surface area contributed by atoms with Gasteiger partial charge in [-0.2, -0.15) is 8.78 Å². The molecule has 3 N–H and O–H groups in total. The van der Waals surface area contributed by atoms with E-state index in [2.05, 4.69) is 31.1 Å². The maximum absolute atomic E-state index is 12.1. The maximum Gasteiger partial charge on any atom is 0.387 e. The molecule has 4 nitrogen and oxygen atoms in total. The number of hydrazine groups is 1. The molecule has 0 spiro atoms. The number of ether oxygens (including phenoxy) is 1. The van der Waals surface area contributed by atoms with Crippen LogP contribution in [0.3, 0.4) is 0 Å². The van der Waals surface area contributed by atoms with E-state index in [4.69, 9.17) is 5.84 Å². The van der Waals surface area contributed by atoms with Crippen molar-refractivity contribution < 1.29 is 13.5 Å². The fraction of sp³-hybridized carbons (Fsp3) is 0.214. The molecule has 1 unspecified atom stereocenters. The fourth-order valence-corrected chi connectivity index (χ4v) is 2.37. The minimum Gasteiger partial charge on any atom is -0.435 e. The van der Waals surface area contributed by atoms with E-state index in [9.17, 15) is 8.78 Å². The van der Waals surface area contributed by atoms with Gasteiger partial charge in [0.1, 0.15) is 5.75 Å². The zero-order valence-electron chi connectivity index (χ0n) is 11.0. The first-order valence-electron chi connectivity index (χ1n) is 6.19. The van der Waals surface area contributed by atoms with Crippen LogP contribution in [0.15, 0.2) is 47.2 Å². The molecule has 112 valence electrons. The molecule has 21 heavy (non-hydrogen) atoms. The second-order valence-electron chi connectivity index (χ2n) is 4.38. The van der Waals surface area contributed by atoms with Crippen molar-refractivity contribution in [2.75, 3.05) is 0 Å². The Hall–Kier alpha value is -1.57. The van der Waals surface area contributed by atoms with E-state index in [1.165, 1.54) is 12.1 Å². The third-order valence-corrected chi connectivity index (χ3v) is 3.34. The molecule has 0 bridgehead atoms. The van der Waals surface area contributed by atoms with Crippen molar-refractivity contribution in [3.63, 3.8) is 0 Å². The Labute approximate surface area is 129 Å². The molecule has 2 aromatic rings. The number of benzene rings is 1. The molecule has 0 aliphatic rings. The highest BCUT2D eigenvalue weighted by Crippen LogP contribution is 2.22. The summed E-state index contributed by atoms with van der Waals surface area (Å²) in [6.45, 7) is -2.83. The Morgan fingerprint density at radius 3 is 2.52 bits per heavy atom. The summed E-state index contributed by atoms with van der Waals surface area (Å²) < 4.78 is 29.4. The number of alkyl halides is 2. The van der Waals surface area contributed by atoms with Gasteiger partial charge in [-0.05, 0) is 51.7 Å². The number of nitrogens with zero attached hydrogens (tertiary/aromatic N) is 1. The number of halogens is 3. The smallest absolute Gasteiger partial charge is 0.387 e. The monoisotopic (exact) mass is 357 g/mol. The molecular formula is C14H14BrF2N3O. The number of hydrogen-bond donors (Lipinski definition) is 2. The minimum atomic E-state index is -2.83. The number of rotatable bonds is 6. The van der Waals surface area contributed by atoms with Crippen molar-refractivity contribution in [3.8, 4) is 5.75 Å². The summed E-state index contributed by atoms with van der Waals surface area (Å²) in [4.78, 5) is 4.09. The highest BCUT2D eigenvalue weighted by molar-refractivity contribution is 9.10.